The first-order valence-corrected chi connectivity index (χ1v) is 7.12. The van der Waals surface area contributed by atoms with Gasteiger partial charge in [0, 0.05) is 4.83 Å². The molecule has 2 atom stereocenters. The van der Waals surface area contributed by atoms with Gasteiger partial charge in [0.2, 0.25) is 0 Å². The number of hydrogen-bond donors (Lipinski definition) is 0. The van der Waals surface area contributed by atoms with Gasteiger partial charge in [0.05, 0.1) is 0 Å². The molecule has 0 nitrogen and oxygen atoms in total. The average molecular weight is 305 g/mol. The van der Waals surface area contributed by atoms with Gasteiger partial charge in [0.1, 0.15) is 5.82 Å². The van der Waals surface area contributed by atoms with Crippen molar-refractivity contribution in [3.8, 4) is 0 Å². The van der Waals surface area contributed by atoms with Crippen molar-refractivity contribution in [1.82, 2.24) is 0 Å². The summed E-state index contributed by atoms with van der Waals surface area (Å²) in [7, 11) is 0. The fourth-order valence-electron chi connectivity index (χ4n) is 2.73. The SMILES string of the molecule is Fc1ccc(CC2Cc3ccccc3C2Br)cc1. The molecule has 18 heavy (non-hydrogen) atoms. The standard InChI is InChI=1S/C16H14BrF/c17-16-13(9-11-5-7-14(18)8-6-11)10-12-3-1-2-4-15(12)16/h1-8,13,16H,9-10H2. The molecule has 0 aliphatic heterocycles. The summed E-state index contributed by atoms with van der Waals surface area (Å²) in [4.78, 5) is 0.416. The van der Waals surface area contributed by atoms with Crippen LogP contribution in [0.15, 0.2) is 48.5 Å². The van der Waals surface area contributed by atoms with Crippen LogP contribution in [0.1, 0.15) is 21.5 Å². The van der Waals surface area contributed by atoms with Gasteiger partial charge in [-0.3, -0.25) is 0 Å². The third-order valence-corrected chi connectivity index (χ3v) is 4.90. The zero-order valence-corrected chi connectivity index (χ0v) is 11.5. The van der Waals surface area contributed by atoms with Crippen LogP contribution < -0.4 is 0 Å². The summed E-state index contributed by atoms with van der Waals surface area (Å²) in [5.41, 5.74) is 4.05. The van der Waals surface area contributed by atoms with E-state index in [1.54, 1.807) is 12.1 Å². The lowest BCUT2D eigenvalue weighted by atomic mass is 9.96. The Morgan fingerprint density at radius 3 is 2.50 bits per heavy atom. The number of halogens is 2. The minimum Gasteiger partial charge on any atom is -0.207 e. The lowest BCUT2D eigenvalue weighted by Gasteiger charge is -2.14. The third kappa shape index (κ3) is 2.22. The second kappa shape index (κ2) is 4.85. The zero-order chi connectivity index (χ0) is 12.5. The molecule has 0 heterocycles. The van der Waals surface area contributed by atoms with Gasteiger partial charge in [-0.2, -0.15) is 0 Å². The van der Waals surface area contributed by atoms with Crippen LogP contribution in [-0.4, -0.2) is 0 Å². The van der Waals surface area contributed by atoms with Crippen molar-refractivity contribution >= 4 is 15.9 Å². The normalized spacial score (nSPS) is 21.9. The van der Waals surface area contributed by atoms with E-state index in [-0.39, 0.29) is 5.82 Å². The molecule has 0 fully saturated rings. The third-order valence-electron chi connectivity index (χ3n) is 3.66. The lowest BCUT2D eigenvalue weighted by Crippen LogP contribution is -2.06. The lowest BCUT2D eigenvalue weighted by molar-refractivity contribution is 0.553. The van der Waals surface area contributed by atoms with E-state index in [4.69, 9.17) is 0 Å². The Bertz CT molecular complexity index is 547. The Morgan fingerprint density at radius 2 is 1.78 bits per heavy atom. The summed E-state index contributed by atoms with van der Waals surface area (Å²) in [6, 6.07) is 15.4. The second-order valence-electron chi connectivity index (χ2n) is 4.90. The smallest absolute Gasteiger partial charge is 0.123 e. The van der Waals surface area contributed by atoms with Crippen LogP contribution in [0.2, 0.25) is 0 Å². The van der Waals surface area contributed by atoms with Gasteiger partial charge in [-0.05, 0) is 47.6 Å². The average Bonchev–Trinajstić information content (AvgIpc) is 2.70. The predicted octanol–water partition coefficient (Wildman–Crippen LogP) is 4.68. The van der Waals surface area contributed by atoms with Crippen LogP contribution >= 0.6 is 15.9 Å². The fourth-order valence-corrected chi connectivity index (χ4v) is 3.55. The number of rotatable bonds is 2. The maximum absolute atomic E-state index is 12.9. The highest BCUT2D eigenvalue weighted by Gasteiger charge is 2.29. The molecular weight excluding hydrogens is 291 g/mol. The number of hydrogen-bond acceptors (Lipinski definition) is 0. The van der Waals surface area contributed by atoms with Gasteiger partial charge in [0.15, 0.2) is 0 Å². The molecule has 0 saturated heterocycles. The summed E-state index contributed by atoms with van der Waals surface area (Å²) in [6.07, 6.45) is 2.09. The minimum absolute atomic E-state index is 0.163. The van der Waals surface area contributed by atoms with Crippen LogP contribution in [0, 0.1) is 11.7 Å². The van der Waals surface area contributed by atoms with E-state index in [9.17, 15) is 4.39 Å². The van der Waals surface area contributed by atoms with Crippen LogP contribution in [0.25, 0.3) is 0 Å². The predicted molar refractivity (Wildman–Crippen MR) is 75.4 cm³/mol. The summed E-state index contributed by atoms with van der Waals surface area (Å²) >= 11 is 3.80. The van der Waals surface area contributed by atoms with E-state index in [2.05, 4.69) is 40.2 Å². The molecule has 1 aliphatic rings. The van der Waals surface area contributed by atoms with Crippen LogP contribution in [0.4, 0.5) is 4.39 Å². The van der Waals surface area contributed by atoms with Gasteiger partial charge >= 0.3 is 0 Å². The minimum atomic E-state index is -0.163. The molecule has 0 saturated carbocycles. The fraction of sp³-hybridized carbons (Fsp3) is 0.250. The van der Waals surface area contributed by atoms with E-state index in [1.165, 1.54) is 16.7 Å². The van der Waals surface area contributed by atoms with Gasteiger partial charge in [-0.1, -0.05) is 52.3 Å². The van der Waals surface area contributed by atoms with Crippen LogP contribution in [-0.2, 0) is 12.8 Å². The molecule has 2 heteroatoms. The van der Waals surface area contributed by atoms with E-state index in [0.717, 1.165) is 12.8 Å². The van der Waals surface area contributed by atoms with Crippen molar-refractivity contribution in [2.24, 2.45) is 5.92 Å². The Kier molecular flexibility index (Phi) is 3.21. The van der Waals surface area contributed by atoms with E-state index < -0.39 is 0 Å². The van der Waals surface area contributed by atoms with Crippen LogP contribution in [0.3, 0.4) is 0 Å². The van der Waals surface area contributed by atoms with E-state index in [1.807, 2.05) is 12.1 Å². The van der Waals surface area contributed by atoms with E-state index >= 15 is 0 Å². The van der Waals surface area contributed by atoms with Gasteiger partial charge in [-0.15, -0.1) is 0 Å². The van der Waals surface area contributed by atoms with Crippen molar-refractivity contribution < 1.29 is 4.39 Å². The Balaban J connectivity index is 1.78. The van der Waals surface area contributed by atoms with Crippen molar-refractivity contribution in [2.45, 2.75) is 17.7 Å². The van der Waals surface area contributed by atoms with Crippen molar-refractivity contribution in [1.29, 1.82) is 0 Å². The molecule has 0 aromatic heterocycles. The molecule has 2 aromatic rings. The van der Waals surface area contributed by atoms with Crippen molar-refractivity contribution in [3.05, 3.63) is 71.0 Å². The second-order valence-corrected chi connectivity index (χ2v) is 5.88. The Morgan fingerprint density at radius 1 is 1.06 bits per heavy atom. The largest absolute Gasteiger partial charge is 0.207 e. The van der Waals surface area contributed by atoms with Crippen LogP contribution in [0.5, 0.6) is 0 Å². The summed E-state index contributed by atoms with van der Waals surface area (Å²) in [6.45, 7) is 0. The number of benzene rings is 2. The highest BCUT2D eigenvalue weighted by atomic mass is 79.9. The summed E-state index contributed by atoms with van der Waals surface area (Å²) in [5.74, 6) is 0.400. The number of fused-ring (bicyclic) bond motifs is 1. The van der Waals surface area contributed by atoms with Gasteiger partial charge in [0.25, 0.3) is 0 Å². The quantitative estimate of drug-likeness (QED) is 0.707. The highest BCUT2D eigenvalue weighted by Crippen LogP contribution is 2.43. The maximum Gasteiger partial charge on any atom is 0.123 e. The molecule has 2 unspecified atom stereocenters. The maximum atomic E-state index is 12.9. The highest BCUT2D eigenvalue weighted by molar-refractivity contribution is 9.09. The Labute approximate surface area is 115 Å². The first kappa shape index (κ1) is 11.9. The Hall–Kier alpha value is -1.15. The van der Waals surface area contributed by atoms with Gasteiger partial charge < -0.3 is 0 Å². The molecule has 0 bridgehead atoms. The molecule has 0 spiro atoms. The molecular formula is C16H14BrF. The summed E-state index contributed by atoms with van der Waals surface area (Å²) < 4.78 is 12.9. The van der Waals surface area contributed by atoms with Gasteiger partial charge in [-0.25, -0.2) is 4.39 Å². The molecule has 0 amide bonds. The topological polar surface area (TPSA) is 0 Å². The van der Waals surface area contributed by atoms with Crippen molar-refractivity contribution in [3.63, 3.8) is 0 Å². The first-order valence-electron chi connectivity index (χ1n) is 6.20. The van der Waals surface area contributed by atoms with E-state index in [0.29, 0.717) is 10.7 Å². The molecule has 0 N–H and O–H groups in total. The zero-order valence-electron chi connectivity index (χ0n) is 9.94. The molecule has 1 aliphatic carbocycles. The molecule has 92 valence electrons. The molecule has 2 aromatic carbocycles. The van der Waals surface area contributed by atoms with Crippen molar-refractivity contribution in [2.75, 3.05) is 0 Å². The molecule has 0 radical (unpaired) electrons. The summed E-state index contributed by atoms with van der Waals surface area (Å²) in [5, 5.41) is 0. The number of alkyl halides is 1. The molecule has 3 rings (SSSR count). The first-order chi connectivity index (χ1) is 8.74. The monoisotopic (exact) mass is 304 g/mol.